The number of aromatic nitrogens is 3. The lowest BCUT2D eigenvalue weighted by Crippen LogP contribution is -2.31. The third kappa shape index (κ3) is 3.44. The Morgan fingerprint density at radius 2 is 1.67 bits per heavy atom. The molecule has 0 aliphatic carbocycles. The van der Waals surface area contributed by atoms with E-state index in [2.05, 4.69) is 25.6 Å². The Kier molecular flexibility index (Phi) is 4.64. The van der Waals surface area contributed by atoms with Crippen LogP contribution in [0.2, 0.25) is 0 Å². The van der Waals surface area contributed by atoms with Crippen molar-refractivity contribution in [3.05, 3.63) is 0 Å². The monoisotopic (exact) mass is 254 g/mol. The highest BCUT2D eigenvalue weighted by Crippen LogP contribution is 2.13. The van der Waals surface area contributed by atoms with E-state index in [1.807, 2.05) is 0 Å². The number of nitrogens with one attached hydrogen (secondary N) is 2. The van der Waals surface area contributed by atoms with Crippen molar-refractivity contribution in [2.75, 3.05) is 36.7 Å². The summed E-state index contributed by atoms with van der Waals surface area (Å²) in [6, 6.07) is 0. The highest BCUT2D eigenvalue weighted by Gasteiger charge is 2.18. The lowest BCUT2D eigenvalue weighted by Gasteiger charge is -2.17. The van der Waals surface area contributed by atoms with E-state index in [0.29, 0.717) is 11.9 Å². The Morgan fingerprint density at radius 1 is 1.17 bits per heavy atom. The largest absolute Gasteiger partial charge is 0.446 e. The molecule has 1 aromatic rings. The van der Waals surface area contributed by atoms with E-state index < -0.39 is 6.09 Å². The van der Waals surface area contributed by atoms with Crippen LogP contribution < -0.4 is 15.5 Å². The van der Waals surface area contributed by atoms with E-state index in [1.54, 1.807) is 35.0 Å². The van der Waals surface area contributed by atoms with Gasteiger partial charge in [-0.3, -0.25) is 0 Å². The standard InChI is InChI=1S/C10H18N6O2/c1-6(2)18-10(17)16(5)9-14-7(11-3)13-8(12-4)15-9/h6H,1-5H3,(H2,11,12,13,14,15). The van der Waals surface area contributed by atoms with E-state index in [4.69, 9.17) is 4.74 Å². The third-order valence-corrected chi connectivity index (χ3v) is 1.98. The Morgan fingerprint density at radius 3 is 2.06 bits per heavy atom. The molecule has 1 heterocycles. The molecule has 2 N–H and O–H groups in total. The van der Waals surface area contributed by atoms with Crippen molar-refractivity contribution >= 4 is 23.9 Å². The molecule has 1 amide bonds. The van der Waals surface area contributed by atoms with Crippen LogP contribution in [0.5, 0.6) is 0 Å². The summed E-state index contributed by atoms with van der Waals surface area (Å²) in [5, 5.41) is 5.59. The maximum absolute atomic E-state index is 11.7. The van der Waals surface area contributed by atoms with E-state index in [-0.39, 0.29) is 12.1 Å². The molecule has 100 valence electrons. The molecular formula is C10H18N6O2. The molecule has 8 nitrogen and oxygen atoms in total. The van der Waals surface area contributed by atoms with Crippen molar-refractivity contribution in [3.8, 4) is 0 Å². The van der Waals surface area contributed by atoms with Gasteiger partial charge in [0, 0.05) is 21.1 Å². The van der Waals surface area contributed by atoms with Crippen molar-refractivity contribution in [2.45, 2.75) is 20.0 Å². The molecule has 0 aliphatic heterocycles. The topological polar surface area (TPSA) is 92.3 Å². The van der Waals surface area contributed by atoms with Gasteiger partial charge >= 0.3 is 6.09 Å². The fourth-order valence-electron chi connectivity index (χ4n) is 1.10. The Labute approximate surface area is 106 Å². The summed E-state index contributed by atoms with van der Waals surface area (Å²) in [7, 11) is 4.91. The van der Waals surface area contributed by atoms with Crippen LogP contribution >= 0.6 is 0 Å². The zero-order valence-corrected chi connectivity index (χ0v) is 11.2. The number of carbonyl (C=O) groups excluding carboxylic acids is 1. The van der Waals surface area contributed by atoms with Gasteiger partial charge in [0.25, 0.3) is 0 Å². The summed E-state index contributed by atoms with van der Waals surface area (Å²) in [6.07, 6.45) is -0.713. The molecule has 0 unspecified atom stereocenters. The zero-order valence-electron chi connectivity index (χ0n) is 11.2. The van der Waals surface area contributed by atoms with Gasteiger partial charge in [-0.15, -0.1) is 0 Å². The van der Waals surface area contributed by atoms with Crippen LogP contribution in [-0.4, -0.2) is 48.3 Å². The lowest BCUT2D eigenvalue weighted by atomic mass is 10.5. The summed E-state index contributed by atoms with van der Waals surface area (Å²) >= 11 is 0. The minimum atomic E-state index is -0.514. The van der Waals surface area contributed by atoms with Crippen LogP contribution in [0.3, 0.4) is 0 Å². The Balaban J connectivity index is 2.97. The maximum Gasteiger partial charge on any atom is 0.416 e. The molecular weight excluding hydrogens is 236 g/mol. The molecule has 0 atom stereocenters. The van der Waals surface area contributed by atoms with Gasteiger partial charge in [-0.25, -0.2) is 9.69 Å². The second-order valence-electron chi connectivity index (χ2n) is 3.77. The fourth-order valence-corrected chi connectivity index (χ4v) is 1.10. The SMILES string of the molecule is CNc1nc(NC)nc(N(C)C(=O)OC(C)C)n1. The molecule has 8 heteroatoms. The first-order valence-electron chi connectivity index (χ1n) is 5.53. The number of amides is 1. The number of hydrogen-bond acceptors (Lipinski definition) is 7. The average Bonchev–Trinajstić information content (AvgIpc) is 2.36. The first-order chi connectivity index (χ1) is 8.47. The molecule has 0 aliphatic rings. The van der Waals surface area contributed by atoms with Gasteiger partial charge in [-0.05, 0) is 13.8 Å². The highest BCUT2D eigenvalue weighted by molar-refractivity contribution is 5.85. The van der Waals surface area contributed by atoms with Crippen LogP contribution in [0, 0.1) is 0 Å². The van der Waals surface area contributed by atoms with E-state index in [9.17, 15) is 4.79 Å². The van der Waals surface area contributed by atoms with Gasteiger partial charge in [-0.2, -0.15) is 15.0 Å². The van der Waals surface area contributed by atoms with Crippen molar-refractivity contribution in [1.82, 2.24) is 15.0 Å². The number of anilines is 3. The zero-order chi connectivity index (χ0) is 13.7. The summed E-state index contributed by atoms with van der Waals surface area (Å²) in [4.78, 5) is 25.2. The predicted molar refractivity (Wildman–Crippen MR) is 68.9 cm³/mol. The van der Waals surface area contributed by atoms with Gasteiger partial charge < -0.3 is 15.4 Å². The van der Waals surface area contributed by atoms with Crippen LogP contribution in [0.25, 0.3) is 0 Å². The summed E-state index contributed by atoms with van der Waals surface area (Å²) < 4.78 is 5.06. The summed E-state index contributed by atoms with van der Waals surface area (Å²) in [5.74, 6) is 0.950. The number of hydrogen-bond donors (Lipinski definition) is 2. The van der Waals surface area contributed by atoms with Gasteiger partial charge in [0.15, 0.2) is 0 Å². The van der Waals surface area contributed by atoms with E-state index in [0.717, 1.165) is 0 Å². The maximum atomic E-state index is 11.7. The first kappa shape index (κ1) is 13.9. The minimum Gasteiger partial charge on any atom is -0.446 e. The van der Waals surface area contributed by atoms with Crippen LogP contribution in [0.15, 0.2) is 0 Å². The van der Waals surface area contributed by atoms with Gasteiger partial charge in [-0.1, -0.05) is 0 Å². The quantitative estimate of drug-likeness (QED) is 0.825. The van der Waals surface area contributed by atoms with Gasteiger partial charge in [0.1, 0.15) is 0 Å². The summed E-state index contributed by atoms with van der Waals surface area (Å²) in [6.45, 7) is 3.55. The predicted octanol–water partition coefficient (Wildman–Crippen LogP) is 0.936. The van der Waals surface area contributed by atoms with Crippen LogP contribution in [0.1, 0.15) is 13.8 Å². The average molecular weight is 254 g/mol. The molecule has 1 aromatic heterocycles. The van der Waals surface area contributed by atoms with Gasteiger partial charge in [0.05, 0.1) is 6.10 Å². The molecule has 1 rings (SSSR count). The Hall–Kier alpha value is -2.12. The number of ether oxygens (including phenoxy) is 1. The number of nitrogens with zero attached hydrogens (tertiary/aromatic N) is 4. The van der Waals surface area contributed by atoms with Gasteiger partial charge in [0.2, 0.25) is 17.8 Å². The van der Waals surface area contributed by atoms with Crippen molar-refractivity contribution < 1.29 is 9.53 Å². The van der Waals surface area contributed by atoms with Crippen molar-refractivity contribution in [2.24, 2.45) is 0 Å². The van der Waals surface area contributed by atoms with Crippen LogP contribution in [0.4, 0.5) is 22.6 Å². The molecule has 0 bridgehead atoms. The molecule has 18 heavy (non-hydrogen) atoms. The summed E-state index contributed by atoms with van der Waals surface area (Å²) in [5.41, 5.74) is 0. The second kappa shape index (κ2) is 5.99. The van der Waals surface area contributed by atoms with E-state index in [1.165, 1.54) is 4.90 Å². The number of carbonyl (C=O) groups is 1. The second-order valence-corrected chi connectivity index (χ2v) is 3.77. The molecule has 0 fully saturated rings. The minimum absolute atomic E-state index is 0.200. The molecule has 0 saturated heterocycles. The van der Waals surface area contributed by atoms with Crippen LogP contribution in [-0.2, 0) is 4.74 Å². The lowest BCUT2D eigenvalue weighted by molar-refractivity contribution is 0.123. The molecule has 0 aromatic carbocycles. The molecule has 0 spiro atoms. The Bertz CT molecular complexity index is 401. The fraction of sp³-hybridized carbons (Fsp3) is 0.600. The number of rotatable bonds is 4. The molecule has 0 radical (unpaired) electrons. The van der Waals surface area contributed by atoms with Crippen molar-refractivity contribution in [1.29, 1.82) is 0 Å². The third-order valence-electron chi connectivity index (χ3n) is 1.98. The molecule has 0 saturated carbocycles. The first-order valence-corrected chi connectivity index (χ1v) is 5.53. The smallest absolute Gasteiger partial charge is 0.416 e. The highest BCUT2D eigenvalue weighted by atomic mass is 16.6. The van der Waals surface area contributed by atoms with E-state index >= 15 is 0 Å². The van der Waals surface area contributed by atoms with Crippen molar-refractivity contribution in [3.63, 3.8) is 0 Å². The normalized spacial score (nSPS) is 10.1.